The zero-order chi connectivity index (χ0) is 16.6. The van der Waals surface area contributed by atoms with Crippen LogP contribution < -0.4 is 0 Å². The lowest BCUT2D eigenvalue weighted by Crippen LogP contribution is -2.43. The molecule has 1 atom stereocenters. The summed E-state index contributed by atoms with van der Waals surface area (Å²) in [4.78, 5) is 14.1. The van der Waals surface area contributed by atoms with Gasteiger partial charge in [0, 0.05) is 18.5 Å². The number of aromatic nitrogens is 2. The number of nitrogens with zero attached hydrogens (tertiary/aromatic N) is 3. The molecule has 1 aromatic heterocycles. The Balaban J connectivity index is 1.82. The Labute approximate surface area is 144 Å². The summed E-state index contributed by atoms with van der Waals surface area (Å²) in [5, 5.41) is 5.74. The summed E-state index contributed by atoms with van der Waals surface area (Å²) in [5.41, 5.74) is 0.626. The first-order valence-corrected chi connectivity index (χ1v) is 8.75. The number of likely N-dealkylation sites (tertiary alicyclic amines) is 1. The monoisotopic (exact) mass is 379 g/mol. The Kier molecular flexibility index (Phi) is 4.36. The van der Waals surface area contributed by atoms with Gasteiger partial charge in [0.25, 0.3) is 0 Å². The van der Waals surface area contributed by atoms with E-state index in [1.54, 1.807) is 4.90 Å². The number of fused-ring (bicyclic) bond motifs is 1. The zero-order valence-corrected chi connectivity index (χ0v) is 15.3. The number of carbonyl (C=O) groups is 1. The summed E-state index contributed by atoms with van der Waals surface area (Å²) in [5.74, 6) is 0. The normalized spacial score (nSPS) is 19.1. The molecule has 1 unspecified atom stereocenters. The smallest absolute Gasteiger partial charge is 0.410 e. The van der Waals surface area contributed by atoms with E-state index in [1.165, 1.54) is 0 Å². The van der Waals surface area contributed by atoms with Gasteiger partial charge in [-0.1, -0.05) is 18.2 Å². The Hall–Kier alpha value is -1.56. The second-order valence-corrected chi connectivity index (χ2v) is 7.73. The molecule has 0 radical (unpaired) electrons. The van der Waals surface area contributed by atoms with Crippen LogP contribution in [0.25, 0.3) is 10.9 Å². The van der Waals surface area contributed by atoms with Crippen molar-refractivity contribution in [1.29, 1.82) is 0 Å². The number of benzene rings is 1. The van der Waals surface area contributed by atoms with Gasteiger partial charge >= 0.3 is 6.09 Å². The number of amides is 1. The van der Waals surface area contributed by atoms with Crippen molar-refractivity contribution < 1.29 is 9.53 Å². The Bertz CT molecular complexity index is 720. The van der Waals surface area contributed by atoms with Crippen LogP contribution in [0.1, 0.15) is 39.7 Å². The van der Waals surface area contributed by atoms with Crippen LogP contribution in [0.15, 0.2) is 28.9 Å². The van der Waals surface area contributed by atoms with Gasteiger partial charge in [-0.2, -0.15) is 5.10 Å². The van der Waals surface area contributed by atoms with Gasteiger partial charge in [-0.05, 0) is 55.6 Å². The summed E-state index contributed by atoms with van der Waals surface area (Å²) in [7, 11) is 0. The number of halogens is 1. The molecule has 0 bridgehead atoms. The average molecular weight is 380 g/mol. The van der Waals surface area contributed by atoms with Crippen LogP contribution in [-0.4, -0.2) is 39.5 Å². The molecule has 1 aliphatic heterocycles. The number of piperidine rings is 1. The maximum atomic E-state index is 12.3. The molecule has 1 aromatic carbocycles. The lowest BCUT2D eigenvalue weighted by Gasteiger charge is -2.34. The van der Waals surface area contributed by atoms with Crippen LogP contribution in [0.4, 0.5) is 4.79 Å². The van der Waals surface area contributed by atoms with E-state index in [4.69, 9.17) is 4.74 Å². The van der Waals surface area contributed by atoms with E-state index in [0.29, 0.717) is 6.54 Å². The minimum absolute atomic E-state index is 0.174. The number of hydrogen-bond donors (Lipinski definition) is 0. The van der Waals surface area contributed by atoms with Gasteiger partial charge in [0.15, 0.2) is 0 Å². The van der Waals surface area contributed by atoms with E-state index in [-0.39, 0.29) is 12.1 Å². The van der Waals surface area contributed by atoms with Crippen molar-refractivity contribution in [3.05, 3.63) is 28.9 Å². The summed E-state index contributed by atoms with van der Waals surface area (Å²) >= 11 is 3.53. The highest BCUT2D eigenvalue weighted by molar-refractivity contribution is 9.10. The third kappa shape index (κ3) is 3.52. The average Bonchev–Trinajstić information content (AvgIpc) is 2.83. The first-order chi connectivity index (χ1) is 10.8. The van der Waals surface area contributed by atoms with E-state index in [1.807, 2.05) is 37.6 Å². The van der Waals surface area contributed by atoms with Gasteiger partial charge in [0.2, 0.25) is 0 Å². The number of para-hydroxylation sites is 1. The molecule has 0 N–H and O–H groups in total. The first-order valence-electron chi connectivity index (χ1n) is 7.96. The topological polar surface area (TPSA) is 47.4 Å². The van der Waals surface area contributed by atoms with Crippen molar-refractivity contribution in [2.45, 2.75) is 45.3 Å². The molecule has 3 rings (SSSR count). The SMILES string of the molecule is CC(C)(C)OC(=O)N1CCCC(n2nc(Br)c3ccccc32)C1. The third-order valence-corrected chi connectivity index (χ3v) is 4.55. The number of rotatable bonds is 1. The van der Waals surface area contributed by atoms with E-state index >= 15 is 0 Å². The van der Waals surface area contributed by atoms with Crippen LogP contribution in [0.2, 0.25) is 0 Å². The summed E-state index contributed by atoms with van der Waals surface area (Å²) in [6.45, 7) is 7.05. The molecular formula is C17H22BrN3O2. The molecule has 124 valence electrons. The van der Waals surface area contributed by atoms with Crippen LogP contribution in [0, 0.1) is 0 Å². The van der Waals surface area contributed by atoms with Gasteiger partial charge in [-0.15, -0.1) is 0 Å². The molecule has 0 saturated carbocycles. The molecule has 0 aliphatic carbocycles. The van der Waals surface area contributed by atoms with E-state index in [2.05, 4.69) is 33.2 Å². The first kappa shape index (κ1) is 16.3. The highest BCUT2D eigenvalue weighted by atomic mass is 79.9. The van der Waals surface area contributed by atoms with Crippen LogP contribution in [0.3, 0.4) is 0 Å². The predicted octanol–water partition coefficient (Wildman–Crippen LogP) is 4.37. The van der Waals surface area contributed by atoms with Crippen molar-refractivity contribution in [2.24, 2.45) is 0 Å². The fourth-order valence-corrected chi connectivity index (χ4v) is 3.48. The van der Waals surface area contributed by atoms with E-state index < -0.39 is 5.60 Å². The van der Waals surface area contributed by atoms with Crippen molar-refractivity contribution in [3.8, 4) is 0 Å². The number of ether oxygens (including phenoxy) is 1. The Morgan fingerprint density at radius 2 is 2.09 bits per heavy atom. The largest absolute Gasteiger partial charge is 0.444 e. The fraction of sp³-hybridized carbons (Fsp3) is 0.529. The number of hydrogen-bond acceptors (Lipinski definition) is 3. The van der Waals surface area contributed by atoms with Gasteiger partial charge in [0.1, 0.15) is 10.2 Å². The molecule has 2 heterocycles. The van der Waals surface area contributed by atoms with Gasteiger partial charge in [-0.3, -0.25) is 4.68 Å². The standard InChI is InChI=1S/C17H22BrN3O2/c1-17(2,3)23-16(22)20-10-6-7-12(11-20)21-14-9-5-4-8-13(14)15(18)19-21/h4-5,8-9,12H,6-7,10-11H2,1-3H3. The summed E-state index contributed by atoms with van der Waals surface area (Å²) in [6, 6.07) is 8.32. The lowest BCUT2D eigenvalue weighted by atomic mass is 10.1. The summed E-state index contributed by atoms with van der Waals surface area (Å²) < 4.78 is 8.39. The second kappa shape index (κ2) is 6.15. The Morgan fingerprint density at radius 1 is 1.35 bits per heavy atom. The van der Waals surface area contributed by atoms with Crippen molar-refractivity contribution in [3.63, 3.8) is 0 Å². The zero-order valence-electron chi connectivity index (χ0n) is 13.8. The van der Waals surface area contributed by atoms with Crippen molar-refractivity contribution in [1.82, 2.24) is 14.7 Å². The lowest BCUT2D eigenvalue weighted by molar-refractivity contribution is 0.0169. The molecule has 23 heavy (non-hydrogen) atoms. The maximum absolute atomic E-state index is 12.3. The molecule has 1 aliphatic rings. The molecule has 2 aromatic rings. The molecule has 0 spiro atoms. The van der Waals surface area contributed by atoms with Gasteiger partial charge in [0.05, 0.1) is 11.6 Å². The molecule has 1 saturated heterocycles. The third-order valence-electron chi connectivity index (χ3n) is 3.96. The molecule has 1 fully saturated rings. The second-order valence-electron chi connectivity index (χ2n) is 6.97. The van der Waals surface area contributed by atoms with Crippen LogP contribution in [0.5, 0.6) is 0 Å². The highest BCUT2D eigenvalue weighted by Crippen LogP contribution is 2.30. The van der Waals surface area contributed by atoms with E-state index in [0.717, 1.165) is 34.9 Å². The maximum Gasteiger partial charge on any atom is 0.410 e. The molecule has 5 nitrogen and oxygen atoms in total. The van der Waals surface area contributed by atoms with Crippen LogP contribution in [-0.2, 0) is 4.74 Å². The van der Waals surface area contributed by atoms with Crippen molar-refractivity contribution in [2.75, 3.05) is 13.1 Å². The number of carbonyl (C=O) groups excluding carboxylic acids is 1. The molecular weight excluding hydrogens is 358 g/mol. The predicted molar refractivity (Wildman–Crippen MR) is 93.5 cm³/mol. The highest BCUT2D eigenvalue weighted by Gasteiger charge is 2.29. The van der Waals surface area contributed by atoms with Crippen LogP contribution >= 0.6 is 15.9 Å². The fourth-order valence-electron chi connectivity index (χ4n) is 2.98. The molecule has 6 heteroatoms. The quantitative estimate of drug-likeness (QED) is 0.738. The minimum Gasteiger partial charge on any atom is -0.444 e. The summed E-state index contributed by atoms with van der Waals surface area (Å²) in [6.07, 6.45) is 1.73. The minimum atomic E-state index is -0.467. The Morgan fingerprint density at radius 3 is 2.83 bits per heavy atom. The van der Waals surface area contributed by atoms with Gasteiger partial charge in [-0.25, -0.2) is 4.79 Å². The molecule has 1 amide bonds. The van der Waals surface area contributed by atoms with Gasteiger partial charge < -0.3 is 9.64 Å². The van der Waals surface area contributed by atoms with E-state index in [9.17, 15) is 4.79 Å². The van der Waals surface area contributed by atoms with Crippen molar-refractivity contribution >= 4 is 32.9 Å².